The van der Waals surface area contributed by atoms with Crippen LogP contribution in [0, 0.1) is 6.92 Å². The van der Waals surface area contributed by atoms with E-state index >= 15 is 0 Å². The van der Waals surface area contributed by atoms with Gasteiger partial charge in [0.05, 0.1) is 0 Å². The molecule has 100 valence electrons. The van der Waals surface area contributed by atoms with Gasteiger partial charge in [0, 0.05) is 33.6 Å². The molecule has 2 aromatic heterocycles. The van der Waals surface area contributed by atoms with E-state index in [1.807, 2.05) is 12.1 Å². The number of benzene rings is 1. The topological polar surface area (TPSA) is 72.0 Å². The summed E-state index contributed by atoms with van der Waals surface area (Å²) in [5.74, 6) is 1.02. The molecule has 0 atom stereocenters. The number of phenolic OH excluding ortho intramolecular Hbond substituents is 1. The molecule has 5 nitrogen and oxygen atoms in total. The highest BCUT2D eigenvalue weighted by molar-refractivity contribution is 9.10. The Morgan fingerprint density at radius 1 is 1.25 bits per heavy atom. The molecule has 0 amide bonds. The summed E-state index contributed by atoms with van der Waals surface area (Å²) in [6.07, 6.45) is 3.35. The molecule has 0 bridgehead atoms. The maximum absolute atomic E-state index is 9.72. The van der Waals surface area contributed by atoms with Crippen LogP contribution in [-0.2, 0) is 0 Å². The van der Waals surface area contributed by atoms with Gasteiger partial charge in [0.1, 0.15) is 5.75 Å². The number of aromatic hydroxyl groups is 1. The van der Waals surface area contributed by atoms with Gasteiger partial charge in [-0.05, 0) is 41.1 Å². The molecule has 0 saturated carbocycles. The van der Waals surface area contributed by atoms with Crippen molar-refractivity contribution in [2.45, 2.75) is 6.92 Å². The fourth-order valence-electron chi connectivity index (χ4n) is 1.84. The molecule has 0 fully saturated rings. The zero-order valence-electron chi connectivity index (χ0n) is 10.5. The van der Waals surface area contributed by atoms with E-state index in [2.05, 4.69) is 31.1 Å². The molecule has 0 aliphatic heterocycles. The quantitative estimate of drug-likeness (QED) is 0.777. The maximum Gasteiger partial charge on any atom is 0.258 e. The smallest absolute Gasteiger partial charge is 0.258 e. The molecule has 0 aliphatic rings. The van der Waals surface area contributed by atoms with Crippen molar-refractivity contribution in [1.82, 2.24) is 15.1 Å². The van der Waals surface area contributed by atoms with Crippen molar-refractivity contribution >= 4 is 15.9 Å². The van der Waals surface area contributed by atoms with Crippen LogP contribution >= 0.6 is 15.9 Å². The third-order valence-corrected chi connectivity index (χ3v) is 3.36. The number of aromatic nitrogens is 3. The average Bonchev–Trinajstić information content (AvgIpc) is 2.91. The fraction of sp³-hybridized carbons (Fsp3) is 0.0714. The van der Waals surface area contributed by atoms with Crippen molar-refractivity contribution in [3.05, 3.63) is 46.7 Å². The van der Waals surface area contributed by atoms with Gasteiger partial charge in [-0.15, -0.1) is 0 Å². The third-order valence-electron chi connectivity index (χ3n) is 2.92. The van der Waals surface area contributed by atoms with Gasteiger partial charge < -0.3 is 9.63 Å². The maximum atomic E-state index is 9.72. The molecule has 1 aromatic carbocycles. The summed E-state index contributed by atoms with van der Waals surface area (Å²) in [5, 5.41) is 13.7. The lowest BCUT2D eigenvalue weighted by Gasteiger charge is -2.01. The summed E-state index contributed by atoms with van der Waals surface area (Å²) in [6, 6.07) is 7.04. The molecule has 20 heavy (non-hydrogen) atoms. The van der Waals surface area contributed by atoms with Crippen molar-refractivity contribution in [3.8, 4) is 28.6 Å². The number of halogens is 1. The highest BCUT2D eigenvalue weighted by Crippen LogP contribution is 2.29. The Kier molecular flexibility index (Phi) is 3.23. The van der Waals surface area contributed by atoms with Crippen LogP contribution in [0.15, 0.2) is 45.7 Å². The monoisotopic (exact) mass is 331 g/mol. The van der Waals surface area contributed by atoms with Crippen LogP contribution in [0.3, 0.4) is 0 Å². The van der Waals surface area contributed by atoms with Crippen molar-refractivity contribution in [3.63, 3.8) is 0 Å². The van der Waals surface area contributed by atoms with Crippen molar-refractivity contribution in [2.24, 2.45) is 0 Å². The van der Waals surface area contributed by atoms with E-state index in [9.17, 15) is 5.11 Å². The van der Waals surface area contributed by atoms with Crippen molar-refractivity contribution in [2.75, 3.05) is 0 Å². The first-order valence-corrected chi connectivity index (χ1v) is 6.68. The second kappa shape index (κ2) is 5.05. The normalized spacial score (nSPS) is 10.7. The lowest BCUT2D eigenvalue weighted by molar-refractivity contribution is 0.430. The van der Waals surface area contributed by atoms with Crippen LogP contribution in [-0.4, -0.2) is 20.2 Å². The third kappa shape index (κ3) is 2.30. The van der Waals surface area contributed by atoms with E-state index in [4.69, 9.17) is 4.52 Å². The number of hydrogen-bond acceptors (Lipinski definition) is 5. The van der Waals surface area contributed by atoms with E-state index in [0.717, 1.165) is 10.0 Å². The first-order chi connectivity index (χ1) is 9.65. The minimum atomic E-state index is 0.200. The number of nitrogens with zero attached hydrogens (tertiary/aromatic N) is 3. The molecule has 0 radical (unpaired) electrons. The van der Waals surface area contributed by atoms with E-state index in [0.29, 0.717) is 22.8 Å². The summed E-state index contributed by atoms with van der Waals surface area (Å²) in [7, 11) is 0. The Morgan fingerprint density at radius 2 is 2.10 bits per heavy atom. The molecule has 3 rings (SSSR count). The number of pyridine rings is 1. The zero-order valence-corrected chi connectivity index (χ0v) is 12.1. The molecular weight excluding hydrogens is 322 g/mol. The van der Waals surface area contributed by atoms with Crippen molar-refractivity contribution < 1.29 is 9.63 Å². The van der Waals surface area contributed by atoms with Gasteiger partial charge in [-0.2, -0.15) is 4.98 Å². The number of hydrogen-bond donors (Lipinski definition) is 1. The molecule has 3 aromatic rings. The highest BCUT2D eigenvalue weighted by atomic mass is 79.9. The molecule has 1 N–H and O–H groups in total. The largest absolute Gasteiger partial charge is 0.508 e. The molecule has 0 spiro atoms. The second-order valence-electron chi connectivity index (χ2n) is 4.26. The minimum Gasteiger partial charge on any atom is -0.508 e. The van der Waals surface area contributed by atoms with Crippen LogP contribution < -0.4 is 0 Å². The second-order valence-corrected chi connectivity index (χ2v) is 5.18. The SMILES string of the molecule is Cc1c(O)cccc1-c1nc(-c2cncc(Br)c2)no1. The van der Waals surface area contributed by atoms with Crippen LogP contribution in [0.2, 0.25) is 0 Å². The Labute approximate surface area is 123 Å². The summed E-state index contributed by atoms with van der Waals surface area (Å²) in [4.78, 5) is 8.41. The van der Waals surface area contributed by atoms with Gasteiger partial charge in [-0.25, -0.2) is 0 Å². The molecule has 2 heterocycles. The van der Waals surface area contributed by atoms with Gasteiger partial charge >= 0.3 is 0 Å². The first-order valence-electron chi connectivity index (χ1n) is 5.89. The van der Waals surface area contributed by atoms with E-state index in [1.165, 1.54) is 0 Å². The summed E-state index contributed by atoms with van der Waals surface area (Å²) < 4.78 is 6.11. The predicted molar refractivity (Wildman–Crippen MR) is 77.1 cm³/mol. The van der Waals surface area contributed by atoms with Crippen molar-refractivity contribution in [1.29, 1.82) is 0 Å². The summed E-state index contributed by atoms with van der Waals surface area (Å²) in [6.45, 7) is 1.80. The highest BCUT2D eigenvalue weighted by Gasteiger charge is 2.14. The summed E-state index contributed by atoms with van der Waals surface area (Å²) in [5.41, 5.74) is 2.17. The van der Waals surface area contributed by atoms with Crippen LogP contribution in [0.4, 0.5) is 0 Å². The lowest BCUT2D eigenvalue weighted by Crippen LogP contribution is -1.85. The van der Waals surface area contributed by atoms with Gasteiger partial charge in [0.15, 0.2) is 0 Å². The fourth-order valence-corrected chi connectivity index (χ4v) is 2.20. The Balaban J connectivity index is 2.04. The zero-order chi connectivity index (χ0) is 14.1. The van der Waals surface area contributed by atoms with E-state index in [1.54, 1.807) is 31.5 Å². The first kappa shape index (κ1) is 12.8. The van der Waals surface area contributed by atoms with Gasteiger partial charge in [-0.3, -0.25) is 4.98 Å². The van der Waals surface area contributed by atoms with Crippen LogP contribution in [0.25, 0.3) is 22.8 Å². The predicted octanol–water partition coefficient (Wildman–Crippen LogP) is 3.58. The Bertz CT molecular complexity index is 771. The Hall–Kier alpha value is -2.21. The molecule has 0 saturated heterocycles. The summed E-state index contributed by atoms with van der Waals surface area (Å²) >= 11 is 3.35. The number of rotatable bonds is 2. The van der Waals surface area contributed by atoms with Crippen LogP contribution in [0.5, 0.6) is 5.75 Å². The van der Waals surface area contributed by atoms with Gasteiger partial charge in [0.2, 0.25) is 5.82 Å². The Morgan fingerprint density at radius 3 is 2.90 bits per heavy atom. The average molecular weight is 332 g/mol. The molecule has 6 heteroatoms. The lowest BCUT2D eigenvalue weighted by atomic mass is 10.1. The van der Waals surface area contributed by atoms with E-state index < -0.39 is 0 Å². The molecule has 0 unspecified atom stereocenters. The standard InChI is InChI=1S/C14H10BrN3O2/c1-8-11(3-2-4-12(8)19)14-17-13(18-20-14)9-5-10(15)7-16-6-9/h2-7,19H,1H3. The number of phenols is 1. The molecular formula is C14H10BrN3O2. The van der Waals surface area contributed by atoms with E-state index in [-0.39, 0.29) is 5.75 Å². The van der Waals surface area contributed by atoms with Gasteiger partial charge in [0.25, 0.3) is 5.89 Å². The van der Waals surface area contributed by atoms with Gasteiger partial charge in [-0.1, -0.05) is 11.2 Å². The van der Waals surface area contributed by atoms with Crippen LogP contribution in [0.1, 0.15) is 5.56 Å². The molecule has 0 aliphatic carbocycles. The minimum absolute atomic E-state index is 0.200.